The second kappa shape index (κ2) is 4.05. The van der Waals surface area contributed by atoms with Gasteiger partial charge in [-0.05, 0) is 19.4 Å². The summed E-state index contributed by atoms with van der Waals surface area (Å²) in [4.78, 5) is 11.1. The highest BCUT2D eigenvalue weighted by atomic mass is 16.3. The SMILES string of the molecule is CC(=O)c1cccc(O)c1CCO. The molecule has 70 valence electrons. The standard InChI is InChI=1S/C10H12O3/c1-7(12)8-3-2-4-10(13)9(8)5-6-11/h2-4,11,13H,5-6H2,1H3. The average Bonchev–Trinajstić information content (AvgIpc) is 2.08. The number of hydrogen-bond donors (Lipinski definition) is 2. The second-order valence-electron chi connectivity index (χ2n) is 2.83. The van der Waals surface area contributed by atoms with Crippen LogP contribution >= 0.6 is 0 Å². The van der Waals surface area contributed by atoms with Crippen LogP contribution in [0.2, 0.25) is 0 Å². The molecule has 2 N–H and O–H groups in total. The van der Waals surface area contributed by atoms with Gasteiger partial charge in [0.2, 0.25) is 0 Å². The van der Waals surface area contributed by atoms with Gasteiger partial charge in [0.15, 0.2) is 5.78 Å². The summed E-state index contributed by atoms with van der Waals surface area (Å²) in [5.41, 5.74) is 1.01. The number of benzene rings is 1. The fourth-order valence-electron chi connectivity index (χ4n) is 1.28. The molecule has 13 heavy (non-hydrogen) atoms. The van der Waals surface area contributed by atoms with E-state index in [2.05, 4.69) is 0 Å². The van der Waals surface area contributed by atoms with E-state index in [1.54, 1.807) is 12.1 Å². The molecule has 0 amide bonds. The highest BCUT2D eigenvalue weighted by Crippen LogP contribution is 2.21. The van der Waals surface area contributed by atoms with Crippen molar-refractivity contribution in [2.24, 2.45) is 0 Å². The normalized spacial score (nSPS) is 10.0. The molecule has 0 unspecified atom stereocenters. The number of carbonyl (C=O) groups excluding carboxylic acids is 1. The van der Waals surface area contributed by atoms with Crippen molar-refractivity contribution in [2.75, 3.05) is 6.61 Å². The number of hydrogen-bond acceptors (Lipinski definition) is 3. The Kier molecular flexibility index (Phi) is 3.03. The first kappa shape index (κ1) is 9.74. The van der Waals surface area contributed by atoms with E-state index in [-0.39, 0.29) is 18.1 Å². The lowest BCUT2D eigenvalue weighted by Crippen LogP contribution is -2.02. The number of phenols is 1. The molecular formula is C10H12O3. The minimum atomic E-state index is -0.0978. The molecule has 1 rings (SSSR count). The molecule has 0 bridgehead atoms. The maximum atomic E-state index is 11.1. The van der Waals surface area contributed by atoms with Crippen molar-refractivity contribution < 1.29 is 15.0 Å². The topological polar surface area (TPSA) is 57.5 Å². The van der Waals surface area contributed by atoms with Gasteiger partial charge in [-0.25, -0.2) is 0 Å². The molecule has 0 aliphatic rings. The summed E-state index contributed by atoms with van der Waals surface area (Å²) in [6.45, 7) is 1.37. The molecule has 0 spiro atoms. The third-order valence-electron chi connectivity index (χ3n) is 1.89. The molecule has 0 aliphatic heterocycles. The van der Waals surface area contributed by atoms with Gasteiger partial charge in [-0.1, -0.05) is 12.1 Å². The third-order valence-corrected chi connectivity index (χ3v) is 1.89. The van der Waals surface area contributed by atoms with Crippen molar-refractivity contribution >= 4 is 5.78 Å². The van der Waals surface area contributed by atoms with Crippen LogP contribution < -0.4 is 0 Å². The Bertz CT molecular complexity index is 318. The van der Waals surface area contributed by atoms with E-state index in [0.29, 0.717) is 17.5 Å². The number of phenolic OH excluding ortho intramolecular Hbond substituents is 1. The summed E-state index contributed by atoms with van der Waals surface area (Å²) in [6, 6.07) is 4.78. The van der Waals surface area contributed by atoms with Crippen molar-refractivity contribution in [3.63, 3.8) is 0 Å². The zero-order chi connectivity index (χ0) is 9.84. The van der Waals surface area contributed by atoms with Crippen molar-refractivity contribution in [2.45, 2.75) is 13.3 Å². The first-order valence-corrected chi connectivity index (χ1v) is 4.09. The van der Waals surface area contributed by atoms with Gasteiger partial charge >= 0.3 is 0 Å². The van der Waals surface area contributed by atoms with Crippen molar-refractivity contribution in [1.82, 2.24) is 0 Å². The van der Waals surface area contributed by atoms with Gasteiger partial charge < -0.3 is 10.2 Å². The van der Waals surface area contributed by atoms with E-state index in [1.165, 1.54) is 13.0 Å². The van der Waals surface area contributed by atoms with Crippen LogP contribution in [0, 0.1) is 0 Å². The lowest BCUT2D eigenvalue weighted by Gasteiger charge is -2.06. The number of rotatable bonds is 3. The van der Waals surface area contributed by atoms with Gasteiger partial charge in [-0.15, -0.1) is 0 Å². The quantitative estimate of drug-likeness (QED) is 0.685. The molecule has 0 heterocycles. The first-order chi connectivity index (χ1) is 6.16. The Balaban J connectivity index is 3.17. The molecule has 1 aromatic carbocycles. The zero-order valence-electron chi connectivity index (χ0n) is 7.45. The van der Waals surface area contributed by atoms with Gasteiger partial charge in [0.25, 0.3) is 0 Å². The summed E-state index contributed by atoms with van der Waals surface area (Å²) < 4.78 is 0. The Hall–Kier alpha value is -1.35. The predicted octanol–water partition coefficient (Wildman–Crippen LogP) is 1.13. The molecule has 0 saturated heterocycles. The maximum absolute atomic E-state index is 11.1. The Morgan fingerprint density at radius 2 is 2.15 bits per heavy atom. The molecule has 0 aromatic heterocycles. The van der Waals surface area contributed by atoms with Crippen LogP contribution in [0.15, 0.2) is 18.2 Å². The number of carbonyl (C=O) groups is 1. The lowest BCUT2D eigenvalue weighted by molar-refractivity contribution is 0.101. The highest BCUT2D eigenvalue weighted by Gasteiger charge is 2.09. The third kappa shape index (κ3) is 2.06. The van der Waals surface area contributed by atoms with Gasteiger partial charge in [0.05, 0.1) is 0 Å². The number of Topliss-reactive ketones (excluding diaryl/α,β-unsaturated/α-hetero) is 1. The van der Waals surface area contributed by atoms with Gasteiger partial charge in [0.1, 0.15) is 5.75 Å². The average molecular weight is 180 g/mol. The van der Waals surface area contributed by atoms with Gasteiger partial charge in [-0.2, -0.15) is 0 Å². The number of aliphatic hydroxyl groups excluding tert-OH is 1. The highest BCUT2D eigenvalue weighted by molar-refractivity contribution is 5.96. The Morgan fingerprint density at radius 1 is 1.46 bits per heavy atom. The molecule has 0 atom stereocenters. The van der Waals surface area contributed by atoms with Crippen molar-refractivity contribution in [3.05, 3.63) is 29.3 Å². The van der Waals surface area contributed by atoms with Crippen LogP contribution in [0.5, 0.6) is 5.75 Å². The van der Waals surface area contributed by atoms with Crippen LogP contribution in [0.4, 0.5) is 0 Å². The molecule has 0 fully saturated rings. The summed E-state index contributed by atoms with van der Waals surface area (Å²) in [6.07, 6.45) is 0.307. The van der Waals surface area contributed by atoms with Crippen LogP contribution in [0.3, 0.4) is 0 Å². The molecule has 0 saturated carbocycles. The molecular weight excluding hydrogens is 168 g/mol. The van der Waals surface area contributed by atoms with Crippen LogP contribution in [-0.2, 0) is 6.42 Å². The smallest absolute Gasteiger partial charge is 0.160 e. The van der Waals surface area contributed by atoms with E-state index < -0.39 is 0 Å². The Morgan fingerprint density at radius 3 is 2.69 bits per heavy atom. The minimum absolute atomic E-state index is 0.0711. The predicted molar refractivity (Wildman–Crippen MR) is 48.9 cm³/mol. The van der Waals surface area contributed by atoms with E-state index in [1.807, 2.05) is 0 Å². The molecule has 0 radical (unpaired) electrons. The monoisotopic (exact) mass is 180 g/mol. The molecule has 1 aromatic rings. The first-order valence-electron chi connectivity index (χ1n) is 4.09. The van der Waals surface area contributed by atoms with Crippen molar-refractivity contribution in [3.8, 4) is 5.75 Å². The molecule has 3 heteroatoms. The number of aliphatic hydroxyl groups is 1. The minimum Gasteiger partial charge on any atom is -0.508 e. The van der Waals surface area contributed by atoms with E-state index in [4.69, 9.17) is 5.11 Å². The van der Waals surface area contributed by atoms with Crippen molar-refractivity contribution in [1.29, 1.82) is 0 Å². The van der Waals surface area contributed by atoms with Crippen LogP contribution in [0.1, 0.15) is 22.8 Å². The fourth-order valence-corrected chi connectivity index (χ4v) is 1.28. The van der Waals surface area contributed by atoms with E-state index in [9.17, 15) is 9.90 Å². The second-order valence-corrected chi connectivity index (χ2v) is 2.83. The Labute approximate surface area is 76.6 Å². The number of ketones is 1. The summed E-state index contributed by atoms with van der Waals surface area (Å²) in [7, 11) is 0. The van der Waals surface area contributed by atoms with Gasteiger partial charge in [-0.3, -0.25) is 4.79 Å². The summed E-state index contributed by atoms with van der Waals surface area (Å²) in [5, 5.41) is 18.1. The maximum Gasteiger partial charge on any atom is 0.160 e. The zero-order valence-corrected chi connectivity index (χ0v) is 7.45. The van der Waals surface area contributed by atoms with E-state index >= 15 is 0 Å². The van der Waals surface area contributed by atoms with Crippen LogP contribution in [0.25, 0.3) is 0 Å². The van der Waals surface area contributed by atoms with E-state index in [0.717, 1.165) is 0 Å². The fraction of sp³-hybridized carbons (Fsp3) is 0.300. The van der Waals surface area contributed by atoms with Gasteiger partial charge in [0, 0.05) is 17.7 Å². The van der Waals surface area contributed by atoms with Crippen LogP contribution in [-0.4, -0.2) is 22.6 Å². The largest absolute Gasteiger partial charge is 0.508 e. The lowest BCUT2D eigenvalue weighted by atomic mass is 10.0. The summed E-state index contributed by atoms with van der Waals surface area (Å²) in [5.74, 6) is -0.0268. The molecule has 3 nitrogen and oxygen atoms in total. The summed E-state index contributed by atoms with van der Waals surface area (Å²) >= 11 is 0. The number of aromatic hydroxyl groups is 1. The molecule has 0 aliphatic carbocycles.